The van der Waals surface area contributed by atoms with Crippen LogP contribution in [0.4, 0.5) is 4.39 Å². The van der Waals surface area contributed by atoms with Crippen molar-refractivity contribution in [1.29, 1.82) is 0 Å². The lowest BCUT2D eigenvalue weighted by atomic mass is 10.0. The quantitative estimate of drug-likeness (QED) is 0.760. The summed E-state index contributed by atoms with van der Waals surface area (Å²) in [6, 6.07) is 5.24. The van der Waals surface area contributed by atoms with Crippen molar-refractivity contribution in [2.24, 2.45) is 0 Å². The van der Waals surface area contributed by atoms with E-state index in [1.54, 1.807) is 13.2 Å². The van der Waals surface area contributed by atoms with Gasteiger partial charge in [0.2, 0.25) is 0 Å². The Bertz CT molecular complexity index is 346. The van der Waals surface area contributed by atoms with Crippen molar-refractivity contribution in [2.75, 3.05) is 20.8 Å². The molecule has 0 heterocycles. The summed E-state index contributed by atoms with van der Waals surface area (Å²) in [5.41, 5.74) is 0.850. The second-order valence-electron chi connectivity index (χ2n) is 4.04. The topological polar surface area (TPSA) is 21.3 Å². The van der Waals surface area contributed by atoms with Crippen LogP contribution < -0.4 is 5.32 Å². The van der Waals surface area contributed by atoms with E-state index in [4.69, 9.17) is 16.3 Å². The molecular weight excluding hydrogens is 241 g/mol. The van der Waals surface area contributed by atoms with Crippen LogP contribution in [0, 0.1) is 5.82 Å². The van der Waals surface area contributed by atoms with Gasteiger partial charge < -0.3 is 10.1 Å². The Morgan fingerprint density at radius 3 is 2.88 bits per heavy atom. The molecule has 0 bridgehead atoms. The van der Waals surface area contributed by atoms with E-state index in [0.717, 1.165) is 31.4 Å². The fraction of sp³-hybridized carbons (Fsp3) is 0.538. The van der Waals surface area contributed by atoms with Gasteiger partial charge in [0.1, 0.15) is 5.82 Å². The van der Waals surface area contributed by atoms with E-state index < -0.39 is 0 Å². The number of halogens is 2. The molecule has 1 unspecified atom stereocenters. The first-order valence-corrected chi connectivity index (χ1v) is 6.16. The van der Waals surface area contributed by atoms with E-state index in [9.17, 15) is 4.39 Å². The maximum absolute atomic E-state index is 13.3. The highest BCUT2D eigenvalue weighted by Gasteiger charge is 2.11. The summed E-state index contributed by atoms with van der Waals surface area (Å²) < 4.78 is 18.3. The van der Waals surface area contributed by atoms with Gasteiger partial charge in [0.15, 0.2) is 0 Å². The van der Waals surface area contributed by atoms with Crippen LogP contribution in [0.1, 0.15) is 18.4 Å². The fourth-order valence-electron chi connectivity index (χ4n) is 1.79. The van der Waals surface area contributed by atoms with E-state index in [1.807, 2.05) is 13.1 Å². The van der Waals surface area contributed by atoms with Crippen molar-refractivity contribution in [3.63, 3.8) is 0 Å². The number of ether oxygens (including phenoxy) is 1. The van der Waals surface area contributed by atoms with Gasteiger partial charge in [-0.15, -0.1) is 0 Å². The molecule has 17 heavy (non-hydrogen) atoms. The largest absolute Gasteiger partial charge is 0.385 e. The Hall–Kier alpha value is -0.640. The summed E-state index contributed by atoms with van der Waals surface area (Å²) in [6.45, 7) is 0.745. The van der Waals surface area contributed by atoms with Crippen LogP contribution >= 0.6 is 11.6 Å². The van der Waals surface area contributed by atoms with Crippen molar-refractivity contribution in [3.8, 4) is 0 Å². The van der Waals surface area contributed by atoms with Crippen LogP contribution in [0.5, 0.6) is 0 Å². The van der Waals surface area contributed by atoms with E-state index in [0.29, 0.717) is 6.04 Å². The lowest BCUT2D eigenvalue weighted by Crippen LogP contribution is -2.28. The Morgan fingerprint density at radius 1 is 1.47 bits per heavy atom. The van der Waals surface area contributed by atoms with Crippen molar-refractivity contribution in [2.45, 2.75) is 25.3 Å². The molecule has 0 amide bonds. The molecule has 0 fully saturated rings. The summed E-state index contributed by atoms with van der Waals surface area (Å²) >= 11 is 5.93. The van der Waals surface area contributed by atoms with Crippen molar-refractivity contribution in [3.05, 3.63) is 34.6 Å². The lowest BCUT2D eigenvalue weighted by Gasteiger charge is -2.16. The molecule has 1 rings (SSSR count). The SMILES string of the molecule is CNC(CCCOC)Cc1cccc(F)c1Cl. The Labute approximate surface area is 107 Å². The van der Waals surface area contributed by atoms with Gasteiger partial charge >= 0.3 is 0 Å². The summed E-state index contributed by atoms with van der Waals surface area (Å²) in [6.07, 6.45) is 2.70. The van der Waals surface area contributed by atoms with E-state index in [-0.39, 0.29) is 10.8 Å². The second-order valence-corrected chi connectivity index (χ2v) is 4.42. The van der Waals surface area contributed by atoms with Crippen LogP contribution in [0.25, 0.3) is 0 Å². The summed E-state index contributed by atoms with van der Waals surface area (Å²) in [4.78, 5) is 0. The van der Waals surface area contributed by atoms with Crippen molar-refractivity contribution < 1.29 is 9.13 Å². The zero-order valence-corrected chi connectivity index (χ0v) is 11.1. The molecule has 1 aromatic rings. The molecule has 1 aromatic carbocycles. The number of methoxy groups -OCH3 is 1. The lowest BCUT2D eigenvalue weighted by molar-refractivity contribution is 0.189. The molecule has 0 aliphatic carbocycles. The highest BCUT2D eigenvalue weighted by molar-refractivity contribution is 6.31. The average molecular weight is 260 g/mol. The average Bonchev–Trinajstić information content (AvgIpc) is 2.33. The number of likely N-dealkylation sites (N-methyl/N-ethyl adjacent to an activating group) is 1. The molecular formula is C13H19ClFNO. The number of hydrogen-bond acceptors (Lipinski definition) is 2. The van der Waals surface area contributed by atoms with Crippen molar-refractivity contribution >= 4 is 11.6 Å². The first-order chi connectivity index (χ1) is 8.19. The molecule has 0 saturated carbocycles. The highest BCUT2D eigenvalue weighted by Crippen LogP contribution is 2.21. The molecule has 0 radical (unpaired) electrons. The molecule has 0 saturated heterocycles. The third-order valence-corrected chi connectivity index (χ3v) is 3.23. The predicted octanol–water partition coefficient (Wildman–Crippen LogP) is 3.04. The maximum atomic E-state index is 13.3. The molecule has 0 aromatic heterocycles. The second kappa shape index (κ2) is 7.64. The Balaban J connectivity index is 2.57. The molecule has 4 heteroatoms. The summed E-state index contributed by atoms with van der Waals surface area (Å²) in [5.74, 6) is -0.351. The van der Waals surface area contributed by atoms with Gasteiger partial charge in [-0.2, -0.15) is 0 Å². The molecule has 2 nitrogen and oxygen atoms in total. The highest BCUT2D eigenvalue weighted by atomic mass is 35.5. The third kappa shape index (κ3) is 4.62. The van der Waals surface area contributed by atoms with Crippen molar-refractivity contribution in [1.82, 2.24) is 5.32 Å². The van der Waals surface area contributed by atoms with E-state index in [1.165, 1.54) is 6.07 Å². The van der Waals surface area contributed by atoms with Gasteiger partial charge in [0.05, 0.1) is 5.02 Å². The predicted molar refractivity (Wildman–Crippen MR) is 69.1 cm³/mol. The normalized spacial score (nSPS) is 12.7. The Morgan fingerprint density at radius 2 is 2.24 bits per heavy atom. The molecule has 96 valence electrons. The zero-order chi connectivity index (χ0) is 12.7. The minimum Gasteiger partial charge on any atom is -0.385 e. The standard InChI is InChI=1S/C13H19ClFNO/c1-16-11(6-4-8-17-2)9-10-5-3-7-12(15)13(10)14/h3,5,7,11,16H,4,6,8-9H2,1-2H3. The molecule has 1 N–H and O–H groups in total. The first kappa shape index (κ1) is 14.4. The van der Waals surface area contributed by atoms with Gasteiger partial charge in [-0.25, -0.2) is 4.39 Å². The van der Waals surface area contributed by atoms with Gasteiger partial charge in [-0.05, 0) is 37.9 Å². The molecule has 0 aliphatic rings. The molecule has 1 atom stereocenters. The minimum absolute atomic E-state index is 0.236. The molecule has 0 spiro atoms. The fourth-order valence-corrected chi connectivity index (χ4v) is 2.00. The molecule has 0 aliphatic heterocycles. The number of hydrogen-bond donors (Lipinski definition) is 1. The minimum atomic E-state index is -0.351. The third-order valence-electron chi connectivity index (χ3n) is 2.81. The van der Waals surface area contributed by atoms with Gasteiger partial charge in [-0.3, -0.25) is 0 Å². The monoisotopic (exact) mass is 259 g/mol. The van der Waals surface area contributed by atoms with Crippen LogP contribution in [-0.4, -0.2) is 26.8 Å². The number of benzene rings is 1. The van der Waals surface area contributed by atoms with E-state index in [2.05, 4.69) is 5.32 Å². The number of nitrogens with one attached hydrogen (secondary N) is 1. The summed E-state index contributed by atoms with van der Waals surface area (Å²) in [5, 5.41) is 3.46. The van der Waals surface area contributed by atoms with Gasteiger partial charge in [-0.1, -0.05) is 23.7 Å². The van der Waals surface area contributed by atoms with Crippen LogP contribution in [0.2, 0.25) is 5.02 Å². The summed E-state index contributed by atoms with van der Waals surface area (Å²) in [7, 11) is 3.60. The van der Waals surface area contributed by atoms with Crippen LogP contribution in [0.15, 0.2) is 18.2 Å². The zero-order valence-electron chi connectivity index (χ0n) is 10.3. The van der Waals surface area contributed by atoms with Gasteiger partial charge in [0, 0.05) is 19.8 Å². The van der Waals surface area contributed by atoms with E-state index >= 15 is 0 Å². The van der Waals surface area contributed by atoms with Crippen LogP contribution in [-0.2, 0) is 11.2 Å². The van der Waals surface area contributed by atoms with Crippen LogP contribution in [0.3, 0.4) is 0 Å². The number of rotatable bonds is 7. The maximum Gasteiger partial charge on any atom is 0.142 e. The smallest absolute Gasteiger partial charge is 0.142 e. The van der Waals surface area contributed by atoms with Gasteiger partial charge in [0.25, 0.3) is 0 Å². The first-order valence-electron chi connectivity index (χ1n) is 5.78. The Kier molecular flexibility index (Phi) is 6.48.